The van der Waals surface area contributed by atoms with E-state index in [0.717, 1.165) is 0 Å². The fourth-order valence-electron chi connectivity index (χ4n) is 3.39. The summed E-state index contributed by atoms with van der Waals surface area (Å²) in [6, 6.07) is 4.80. The smallest absolute Gasteiger partial charge is 0.345 e. The first-order valence-electron chi connectivity index (χ1n) is 11.0. The van der Waals surface area contributed by atoms with Gasteiger partial charge in [-0.05, 0) is 30.3 Å². The van der Waals surface area contributed by atoms with Gasteiger partial charge < -0.3 is 32.5 Å². The number of esters is 1. The van der Waals surface area contributed by atoms with Crippen LogP contribution >= 0.6 is 0 Å². The van der Waals surface area contributed by atoms with Gasteiger partial charge in [0.15, 0.2) is 18.0 Å². The van der Waals surface area contributed by atoms with E-state index in [2.05, 4.69) is 33.9 Å². The second kappa shape index (κ2) is 9.78. The zero-order valence-corrected chi connectivity index (χ0v) is 22.6. The van der Waals surface area contributed by atoms with Crippen LogP contribution in [0, 0.1) is 0 Å². The number of fused-ring (bicyclic) bond motifs is 2. The SMILES string of the molecule is COCOc1cc(OC)c2c(=O)c3c(OC)ccc(O[Si](C)(C)C(C)(C)C)c3oc2c1C(=O)OC. The number of carbonyl (C=O) groups excluding carboxylic acids is 1. The molecule has 9 nitrogen and oxygen atoms in total. The van der Waals surface area contributed by atoms with E-state index in [1.165, 1.54) is 34.5 Å². The van der Waals surface area contributed by atoms with Gasteiger partial charge >= 0.3 is 5.97 Å². The Labute approximate surface area is 204 Å². The van der Waals surface area contributed by atoms with Crippen LogP contribution in [-0.4, -0.2) is 49.5 Å². The predicted octanol–water partition coefficient (Wildman–Crippen LogP) is 5.12. The minimum Gasteiger partial charge on any atom is -0.541 e. The van der Waals surface area contributed by atoms with Crippen molar-refractivity contribution in [2.24, 2.45) is 0 Å². The second-order valence-corrected chi connectivity index (χ2v) is 14.2. The molecule has 0 aliphatic carbocycles. The average molecular weight is 505 g/mol. The third-order valence-electron chi connectivity index (χ3n) is 6.28. The van der Waals surface area contributed by atoms with Gasteiger partial charge in [-0.1, -0.05) is 20.8 Å². The van der Waals surface area contributed by atoms with Crippen LogP contribution in [-0.2, 0) is 9.47 Å². The molecule has 0 spiro atoms. The Morgan fingerprint density at radius 2 is 1.51 bits per heavy atom. The number of benzene rings is 2. The zero-order chi connectivity index (χ0) is 26.1. The van der Waals surface area contributed by atoms with E-state index in [0.29, 0.717) is 11.5 Å². The van der Waals surface area contributed by atoms with Gasteiger partial charge in [0, 0.05) is 13.2 Å². The van der Waals surface area contributed by atoms with Gasteiger partial charge in [-0.25, -0.2) is 4.79 Å². The standard InChI is InChI=1S/C25H32O9Si/c1-25(2,3)35(8,9)34-15-11-10-14(29-5)18-21(26)19-16(30-6)12-17(32-13-28-4)20(24(27)31-7)23(19)33-22(15)18/h10-12H,13H2,1-9H3. The van der Waals surface area contributed by atoms with Gasteiger partial charge in [0.1, 0.15) is 39.3 Å². The van der Waals surface area contributed by atoms with Crippen LogP contribution in [0.4, 0.5) is 0 Å². The Morgan fingerprint density at radius 3 is 2.06 bits per heavy atom. The van der Waals surface area contributed by atoms with Gasteiger partial charge in [0.25, 0.3) is 8.32 Å². The summed E-state index contributed by atoms with van der Waals surface area (Å²) < 4.78 is 39.3. The molecule has 0 saturated heterocycles. The molecule has 0 fully saturated rings. The van der Waals surface area contributed by atoms with Crippen LogP contribution in [0.2, 0.25) is 18.1 Å². The van der Waals surface area contributed by atoms with E-state index >= 15 is 0 Å². The lowest BCUT2D eigenvalue weighted by Gasteiger charge is -2.36. The van der Waals surface area contributed by atoms with Crippen molar-refractivity contribution in [3.63, 3.8) is 0 Å². The number of methoxy groups -OCH3 is 4. The van der Waals surface area contributed by atoms with Crippen LogP contribution < -0.4 is 24.1 Å². The summed E-state index contributed by atoms with van der Waals surface area (Å²) in [6.07, 6.45) is 0. The predicted molar refractivity (Wildman–Crippen MR) is 135 cm³/mol. The summed E-state index contributed by atoms with van der Waals surface area (Å²) in [5.41, 5.74) is -0.407. The first-order chi connectivity index (χ1) is 16.4. The Bertz CT molecular complexity index is 1320. The molecule has 0 aliphatic rings. The van der Waals surface area contributed by atoms with E-state index in [-0.39, 0.29) is 50.8 Å². The number of hydrogen-bond donors (Lipinski definition) is 0. The maximum atomic E-state index is 13.9. The van der Waals surface area contributed by atoms with E-state index in [1.807, 2.05) is 0 Å². The molecule has 0 amide bonds. The normalized spacial score (nSPS) is 12.0. The van der Waals surface area contributed by atoms with Crippen molar-refractivity contribution in [3.05, 3.63) is 34.0 Å². The van der Waals surface area contributed by atoms with Gasteiger partial charge in [-0.2, -0.15) is 0 Å². The third-order valence-corrected chi connectivity index (χ3v) is 10.6. The van der Waals surface area contributed by atoms with Gasteiger partial charge in [-0.3, -0.25) is 4.79 Å². The molecule has 3 rings (SSSR count). The van der Waals surface area contributed by atoms with E-state index in [4.69, 9.17) is 32.5 Å². The summed E-state index contributed by atoms with van der Waals surface area (Å²) >= 11 is 0. The van der Waals surface area contributed by atoms with Crippen molar-refractivity contribution in [2.45, 2.75) is 38.9 Å². The molecule has 0 radical (unpaired) electrons. The molecule has 1 aromatic heterocycles. The summed E-state index contributed by atoms with van der Waals surface area (Å²) in [6.45, 7) is 10.3. The fraction of sp³-hybridized carbons (Fsp3) is 0.440. The molecule has 3 aromatic rings. The van der Waals surface area contributed by atoms with Crippen molar-refractivity contribution in [1.82, 2.24) is 0 Å². The number of hydrogen-bond acceptors (Lipinski definition) is 9. The number of ether oxygens (including phenoxy) is 5. The molecule has 0 saturated carbocycles. The molecule has 0 aliphatic heterocycles. The first-order valence-corrected chi connectivity index (χ1v) is 13.9. The van der Waals surface area contributed by atoms with Crippen molar-refractivity contribution in [2.75, 3.05) is 35.2 Å². The molecule has 190 valence electrons. The minimum absolute atomic E-state index is 0.0480. The summed E-state index contributed by atoms with van der Waals surface area (Å²) in [4.78, 5) is 26.7. The summed E-state index contributed by atoms with van der Waals surface area (Å²) in [7, 11) is 3.22. The molecule has 0 bridgehead atoms. The monoisotopic (exact) mass is 504 g/mol. The number of rotatable bonds is 8. The highest BCUT2D eigenvalue weighted by molar-refractivity contribution is 6.74. The van der Waals surface area contributed by atoms with E-state index in [1.54, 1.807) is 12.1 Å². The van der Waals surface area contributed by atoms with Crippen LogP contribution in [0.3, 0.4) is 0 Å². The highest BCUT2D eigenvalue weighted by Crippen LogP contribution is 2.43. The Balaban J connectivity index is 2.52. The Hall–Kier alpha value is -3.24. The molecule has 0 N–H and O–H groups in total. The van der Waals surface area contributed by atoms with Gasteiger partial charge in [0.05, 0.1) is 21.3 Å². The van der Waals surface area contributed by atoms with Crippen LogP contribution in [0.1, 0.15) is 31.1 Å². The summed E-state index contributed by atoms with van der Waals surface area (Å²) in [5.74, 6) is 0.178. The average Bonchev–Trinajstić information content (AvgIpc) is 2.80. The topological polar surface area (TPSA) is 103 Å². The van der Waals surface area contributed by atoms with Crippen molar-refractivity contribution >= 4 is 36.2 Å². The molecule has 0 atom stereocenters. The maximum Gasteiger partial charge on any atom is 0.345 e. The Kier molecular flexibility index (Phi) is 7.37. The highest BCUT2D eigenvalue weighted by Gasteiger charge is 2.40. The first kappa shape index (κ1) is 26.4. The zero-order valence-electron chi connectivity index (χ0n) is 21.6. The minimum atomic E-state index is -2.32. The van der Waals surface area contributed by atoms with Crippen molar-refractivity contribution < 1.29 is 37.3 Å². The molecule has 35 heavy (non-hydrogen) atoms. The van der Waals surface area contributed by atoms with Crippen LogP contribution in [0.25, 0.3) is 21.9 Å². The molecule has 2 aromatic carbocycles. The molecular weight excluding hydrogens is 472 g/mol. The van der Waals surface area contributed by atoms with E-state index in [9.17, 15) is 9.59 Å². The van der Waals surface area contributed by atoms with Gasteiger partial charge in [0.2, 0.25) is 5.43 Å². The molecular formula is C25H32O9Si. The fourth-order valence-corrected chi connectivity index (χ4v) is 4.41. The lowest BCUT2D eigenvalue weighted by molar-refractivity contribution is 0.0465. The molecule has 0 unspecified atom stereocenters. The Morgan fingerprint density at radius 1 is 0.914 bits per heavy atom. The maximum absolute atomic E-state index is 13.9. The van der Waals surface area contributed by atoms with Crippen LogP contribution in [0.5, 0.6) is 23.0 Å². The third kappa shape index (κ3) is 4.68. The number of carbonyl (C=O) groups is 1. The van der Waals surface area contributed by atoms with Crippen LogP contribution in [0.15, 0.2) is 27.4 Å². The van der Waals surface area contributed by atoms with Crippen molar-refractivity contribution in [3.8, 4) is 23.0 Å². The lowest BCUT2D eigenvalue weighted by atomic mass is 10.0. The lowest BCUT2D eigenvalue weighted by Crippen LogP contribution is -2.43. The molecule has 1 heterocycles. The van der Waals surface area contributed by atoms with E-state index < -0.39 is 19.7 Å². The van der Waals surface area contributed by atoms with Gasteiger partial charge in [-0.15, -0.1) is 0 Å². The second-order valence-electron chi connectivity index (χ2n) is 9.46. The largest absolute Gasteiger partial charge is 0.541 e. The summed E-state index contributed by atoms with van der Waals surface area (Å²) in [5, 5.41) is 0.113. The molecule has 10 heteroatoms. The van der Waals surface area contributed by atoms with Crippen molar-refractivity contribution in [1.29, 1.82) is 0 Å². The quantitative estimate of drug-likeness (QED) is 0.179. The highest BCUT2D eigenvalue weighted by atomic mass is 28.4.